The number of carbonyl (C=O) groups excluding carboxylic acids is 1. The molecule has 0 radical (unpaired) electrons. The average molecular weight is 397 g/mol. The van der Waals surface area contributed by atoms with Gasteiger partial charge < -0.3 is 10.0 Å². The molecule has 2 heterocycles. The lowest BCUT2D eigenvalue weighted by molar-refractivity contribution is 0.0438. The Morgan fingerprint density at radius 3 is 2.78 bits per heavy atom. The van der Waals surface area contributed by atoms with Crippen molar-refractivity contribution in [2.75, 3.05) is 13.1 Å². The molecule has 1 atom stereocenters. The third-order valence-electron chi connectivity index (χ3n) is 3.21. The molecule has 6 heteroatoms. The van der Waals surface area contributed by atoms with Gasteiger partial charge in [0.05, 0.1) is 14.3 Å². The maximum atomic E-state index is 12.3. The second-order valence-electron chi connectivity index (χ2n) is 4.87. The van der Waals surface area contributed by atoms with Crippen LogP contribution in [-0.2, 0) is 0 Å². The Bertz CT molecular complexity index is 439. The zero-order valence-corrected chi connectivity index (χ0v) is 14.1. The number of hydrogen-bond donors (Lipinski definition) is 1. The molecule has 0 bridgehead atoms. The van der Waals surface area contributed by atoms with Gasteiger partial charge in [-0.05, 0) is 64.1 Å². The molecule has 0 saturated carbocycles. The van der Waals surface area contributed by atoms with E-state index in [9.17, 15) is 9.90 Å². The van der Waals surface area contributed by atoms with E-state index in [0.717, 1.165) is 32.5 Å². The number of carbonyl (C=O) groups is 1. The van der Waals surface area contributed by atoms with Crippen molar-refractivity contribution >= 4 is 49.1 Å². The number of hydrogen-bond acceptors (Lipinski definition) is 3. The zero-order valence-electron chi connectivity index (χ0n) is 10.1. The Kier molecular flexibility index (Phi) is 4.52. The van der Waals surface area contributed by atoms with Crippen LogP contribution in [0, 0.1) is 0 Å². The van der Waals surface area contributed by atoms with E-state index in [4.69, 9.17) is 0 Å². The van der Waals surface area contributed by atoms with Crippen LogP contribution in [0.5, 0.6) is 0 Å². The fourth-order valence-electron chi connectivity index (χ4n) is 2.07. The molecule has 0 spiro atoms. The van der Waals surface area contributed by atoms with Crippen molar-refractivity contribution < 1.29 is 9.90 Å². The molecule has 3 nitrogen and oxygen atoms in total. The number of likely N-dealkylation sites (tertiary alicyclic amines) is 1. The highest BCUT2D eigenvalue weighted by atomic mass is 79.9. The minimum absolute atomic E-state index is 0.0594. The first-order valence-corrected chi connectivity index (χ1v) is 8.26. The molecule has 1 unspecified atom stereocenters. The number of rotatable bonds is 1. The average Bonchev–Trinajstić information content (AvgIpc) is 2.52. The lowest BCUT2D eigenvalue weighted by atomic mass is 9.98. The monoisotopic (exact) mass is 395 g/mol. The molecule has 0 aliphatic carbocycles. The Balaban J connectivity index is 2.09. The van der Waals surface area contributed by atoms with Crippen LogP contribution < -0.4 is 0 Å². The smallest absolute Gasteiger partial charge is 0.264 e. The fourth-order valence-corrected chi connectivity index (χ4v) is 4.08. The summed E-state index contributed by atoms with van der Waals surface area (Å²) in [6.45, 7) is 3.19. The fraction of sp³-hybridized carbons (Fsp3) is 0.583. The van der Waals surface area contributed by atoms with Crippen LogP contribution in [0.4, 0.5) is 0 Å². The molecule has 0 aromatic carbocycles. The number of thiophene rings is 1. The maximum absolute atomic E-state index is 12.3. The van der Waals surface area contributed by atoms with Gasteiger partial charge in [0.2, 0.25) is 0 Å². The van der Waals surface area contributed by atoms with Gasteiger partial charge in [-0.1, -0.05) is 0 Å². The normalized spacial score (nSPS) is 25.0. The van der Waals surface area contributed by atoms with Gasteiger partial charge >= 0.3 is 0 Å². The van der Waals surface area contributed by atoms with Gasteiger partial charge in [-0.15, -0.1) is 11.3 Å². The predicted molar refractivity (Wildman–Crippen MR) is 80.1 cm³/mol. The van der Waals surface area contributed by atoms with Gasteiger partial charge in [0.1, 0.15) is 0 Å². The van der Waals surface area contributed by atoms with Crippen LogP contribution >= 0.6 is 43.2 Å². The van der Waals surface area contributed by atoms with E-state index in [2.05, 4.69) is 31.9 Å². The Hall–Kier alpha value is 0.0900. The largest absolute Gasteiger partial charge is 0.390 e. The van der Waals surface area contributed by atoms with Gasteiger partial charge in [0.25, 0.3) is 5.91 Å². The third kappa shape index (κ3) is 3.35. The van der Waals surface area contributed by atoms with Crippen molar-refractivity contribution in [1.82, 2.24) is 4.90 Å². The van der Waals surface area contributed by atoms with E-state index >= 15 is 0 Å². The molecule has 18 heavy (non-hydrogen) atoms. The summed E-state index contributed by atoms with van der Waals surface area (Å²) in [6, 6.07) is 1.85. The van der Waals surface area contributed by atoms with Crippen LogP contribution in [0.1, 0.15) is 35.9 Å². The Morgan fingerprint density at radius 1 is 1.44 bits per heavy atom. The Morgan fingerprint density at radius 2 is 2.17 bits per heavy atom. The summed E-state index contributed by atoms with van der Waals surface area (Å²) in [4.78, 5) is 14.9. The topological polar surface area (TPSA) is 40.5 Å². The lowest BCUT2D eigenvalue weighted by Gasteiger charge is -2.22. The van der Waals surface area contributed by atoms with Gasteiger partial charge in [-0.3, -0.25) is 4.79 Å². The van der Waals surface area contributed by atoms with Gasteiger partial charge in [-0.2, -0.15) is 0 Å². The minimum atomic E-state index is -0.633. The van der Waals surface area contributed by atoms with Crippen LogP contribution in [0.25, 0.3) is 0 Å². The van der Waals surface area contributed by atoms with Gasteiger partial charge in [0, 0.05) is 17.6 Å². The minimum Gasteiger partial charge on any atom is -0.390 e. The Labute approximate surface area is 127 Å². The molecule has 1 amide bonds. The molecular formula is C12H15Br2NO2S. The molecule has 1 aliphatic rings. The molecule has 1 N–H and O–H groups in total. The first-order valence-electron chi connectivity index (χ1n) is 5.85. The van der Waals surface area contributed by atoms with Crippen LogP contribution in [0.3, 0.4) is 0 Å². The highest BCUT2D eigenvalue weighted by molar-refractivity contribution is 9.13. The zero-order chi connectivity index (χ0) is 13.3. The van der Waals surface area contributed by atoms with Crippen molar-refractivity contribution in [1.29, 1.82) is 0 Å². The molecule has 1 aliphatic heterocycles. The highest BCUT2D eigenvalue weighted by Crippen LogP contribution is 2.33. The number of aliphatic hydroxyl groups is 1. The van der Waals surface area contributed by atoms with Crippen molar-refractivity contribution in [3.63, 3.8) is 0 Å². The maximum Gasteiger partial charge on any atom is 0.264 e. The highest BCUT2D eigenvalue weighted by Gasteiger charge is 2.28. The van der Waals surface area contributed by atoms with E-state index in [-0.39, 0.29) is 5.91 Å². The molecule has 1 aromatic heterocycles. The summed E-state index contributed by atoms with van der Waals surface area (Å²) < 4.78 is 1.85. The molecule has 1 saturated heterocycles. The number of nitrogens with zero attached hydrogens (tertiary/aromatic N) is 1. The molecule has 1 aromatic rings. The van der Waals surface area contributed by atoms with Crippen LogP contribution in [0.2, 0.25) is 0 Å². The van der Waals surface area contributed by atoms with E-state index in [1.165, 1.54) is 11.3 Å². The summed E-state index contributed by atoms with van der Waals surface area (Å²) in [5.74, 6) is 0.0594. The van der Waals surface area contributed by atoms with Crippen molar-refractivity contribution in [2.24, 2.45) is 0 Å². The van der Waals surface area contributed by atoms with Gasteiger partial charge in [-0.25, -0.2) is 0 Å². The van der Waals surface area contributed by atoms with Crippen LogP contribution in [0.15, 0.2) is 14.3 Å². The SMILES string of the molecule is CC1(O)CCCN(C(=O)c2cc(Br)c(Br)s2)CC1. The summed E-state index contributed by atoms with van der Waals surface area (Å²) in [7, 11) is 0. The second kappa shape index (κ2) is 5.61. The van der Waals surface area contributed by atoms with E-state index in [0.29, 0.717) is 13.0 Å². The van der Waals surface area contributed by atoms with E-state index < -0.39 is 5.60 Å². The molecule has 100 valence electrons. The van der Waals surface area contributed by atoms with Gasteiger partial charge in [0.15, 0.2) is 0 Å². The molecule has 2 rings (SSSR count). The van der Waals surface area contributed by atoms with E-state index in [1.54, 1.807) is 0 Å². The second-order valence-corrected chi connectivity index (χ2v) is 8.10. The first-order chi connectivity index (χ1) is 8.39. The summed E-state index contributed by atoms with van der Waals surface area (Å²) in [5.41, 5.74) is -0.633. The van der Waals surface area contributed by atoms with Crippen molar-refractivity contribution in [2.45, 2.75) is 31.8 Å². The summed E-state index contributed by atoms with van der Waals surface area (Å²) in [5, 5.41) is 10.0. The van der Waals surface area contributed by atoms with Crippen molar-refractivity contribution in [3.05, 3.63) is 19.2 Å². The third-order valence-corrected chi connectivity index (χ3v) is 6.45. The predicted octanol–water partition coefficient (Wildman–Crippen LogP) is 3.65. The number of amides is 1. The lowest BCUT2D eigenvalue weighted by Crippen LogP contribution is -2.33. The first kappa shape index (κ1) is 14.5. The quantitative estimate of drug-likeness (QED) is 0.786. The van der Waals surface area contributed by atoms with E-state index in [1.807, 2.05) is 17.9 Å². The molecule has 1 fully saturated rings. The summed E-state index contributed by atoms with van der Waals surface area (Å²) >= 11 is 8.24. The summed E-state index contributed by atoms with van der Waals surface area (Å²) in [6.07, 6.45) is 2.26. The standard InChI is InChI=1S/C12H15Br2NO2S/c1-12(17)3-2-5-15(6-4-12)11(16)9-7-8(13)10(14)18-9/h7,17H,2-6H2,1H3. The number of halogens is 2. The van der Waals surface area contributed by atoms with Crippen molar-refractivity contribution in [3.8, 4) is 0 Å². The molecular weight excluding hydrogens is 382 g/mol. The van der Waals surface area contributed by atoms with Crippen LogP contribution in [-0.4, -0.2) is 34.6 Å².